The van der Waals surface area contributed by atoms with Crippen molar-refractivity contribution in [3.05, 3.63) is 17.5 Å². The van der Waals surface area contributed by atoms with Gasteiger partial charge in [0.2, 0.25) is 5.91 Å². The third-order valence-electron chi connectivity index (χ3n) is 7.15. The molecule has 2 aliphatic rings. The second-order valence-corrected chi connectivity index (χ2v) is 10.3. The fraction of sp³-hybridized carbons (Fsp3) is 0.840. The van der Waals surface area contributed by atoms with E-state index < -0.39 is 0 Å². The number of rotatable bonds is 11. The van der Waals surface area contributed by atoms with E-state index in [1.807, 2.05) is 7.05 Å². The van der Waals surface area contributed by atoms with E-state index in [0.29, 0.717) is 36.1 Å². The molecule has 0 bridgehead atoms. The molecular formula is C25H45N5O2. The van der Waals surface area contributed by atoms with E-state index in [1.54, 1.807) is 0 Å². The van der Waals surface area contributed by atoms with Crippen molar-refractivity contribution in [2.24, 2.45) is 11.8 Å². The van der Waals surface area contributed by atoms with Gasteiger partial charge < -0.3 is 19.9 Å². The number of H-pyrrole nitrogens is 1. The Balaban J connectivity index is 1.56. The molecule has 0 atom stereocenters. The fourth-order valence-corrected chi connectivity index (χ4v) is 5.30. The number of amides is 1. The van der Waals surface area contributed by atoms with Gasteiger partial charge in [-0.1, -0.05) is 13.8 Å². The van der Waals surface area contributed by atoms with Crippen LogP contribution in [0.4, 0.5) is 0 Å². The van der Waals surface area contributed by atoms with Gasteiger partial charge >= 0.3 is 0 Å². The van der Waals surface area contributed by atoms with Gasteiger partial charge in [0.05, 0.1) is 5.69 Å². The number of aromatic nitrogens is 2. The predicted molar refractivity (Wildman–Crippen MR) is 129 cm³/mol. The number of carbonyl (C=O) groups excluding carboxylic acids is 1. The summed E-state index contributed by atoms with van der Waals surface area (Å²) < 4.78 is 5.48. The van der Waals surface area contributed by atoms with Crippen molar-refractivity contribution in [3.63, 3.8) is 0 Å². The molecule has 1 saturated carbocycles. The van der Waals surface area contributed by atoms with Crippen LogP contribution in [0.2, 0.25) is 0 Å². The number of carbonyl (C=O) groups is 1. The van der Waals surface area contributed by atoms with Crippen molar-refractivity contribution >= 4 is 5.91 Å². The molecule has 2 heterocycles. The van der Waals surface area contributed by atoms with Gasteiger partial charge in [0, 0.05) is 69.5 Å². The summed E-state index contributed by atoms with van der Waals surface area (Å²) in [5.74, 6) is 1.85. The van der Waals surface area contributed by atoms with E-state index in [9.17, 15) is 4.79 Å². The molecule has 7 nitrogen and oxygen atoms in total. The molecule has 1 amide bonds. The summed E-state index contributed by atoms with van der Waals surface area (Å²) in [7, 11) is 4.16. The zero-order valence-corrected chi connectivity index (χ0v) is 20.7. The third-order valence-corrected chi connectivity index (χ3v) is 7.15. The molecule has 1 aromatic rings. The van der Waals surface area contributed by atoms with Crippen molar-refractivity contribution < 1.29 is 9.53 Å². The van der Waals surface area contributed by atoms with Crippen LogP contribution in [0.25, 0.3) is 0 Å². The summed E-state index contributed by atoms with van der Waals surface area (Å²) in [6.45, 7) is 9.88. The minimum absolute atomic E-state index is 0.362. The second kappa shape index (κ2) is 12.7. The van der Waals surface area contributed by atoms with E-state index in [0.717, 1.165) is 77.9 Å². The Labute approximate surface area is 194 Å². The highest BCUT2D eigenvalue weighted by Gasteiger charge is 2.32. The highest BCUT2D eigenvalue weighted by atomic mass is 16.5. The monoisotopic (exact) mass is 447 g/mol. The number of hydrogen-bond donors (Lipinski definition) is 2. The van der Waals surface area contributed by atoms with Gasteiger partial charge in [0.1, 0.15) is 0 Å². The van der Waals surface area contributed by atoms with Gasteiger partial charge in [-0.05, 0) is 64.5 Å². The van der Waals surface area contributed by atoms with Gasteiger partial charge in [-0.25, -0.2) is 0 Å². The first-order valence-electron chi connectivity index (χ1n) is 12.7. The van der Waals surface area contributed by atoms with E-state index in [2.05, 4.69) is 52.4 Å². The third kappa shape index (κ3) is 7.29. The lowest BCUT2D eigenvalue weighted by Crippen LogP contribution is -2.45. The maximum absolute atomic E-state index is 13.3. The van der Waals surface area contributed by atoms with Crippen LogP contribution in [0.3, 0.4) is 0 Å². The summed E-state index contributed by atoms with van der Waals surface area (Å²) in [6, 6.07) is 0.377. The smallest absolute Gasteiger partial charge is 0.223 e. The standard InChI is InChI=1S/C25H45N5O2/c1-19(2)17-30(24(31)15-20-9-13-32-14-10-20)23-7-5-21(6-8-23)25-22(16-27-28-25)18-29(4)12-11-26-3/h16,19-21,23,26H,5-15,17-18H2,1-4H3,(H,27,28). The van der Waals surface area contributed by atoms with Crippen molar-refractivity contribution in [2.45, 2.75) is 77.3 Å². The van der Waals surface area contributed by atoms with E-state index in [4.69, 9.17) is 4.74 Å². The van der Waals surface area contributed by atoms with Gasteiger partial charge in [-0.2, -0.15) is 5.10 Å². The summed E-state index contributed by atoms with van der Waals surface area (Å²) in [6.07, 6.45) is 9.21. The molecular weight excluding hydrogens is 402 g/mol. The van der Waals surface area contributed by atoms with Crippen LogP contribution in [0.1, 0.15) is 76.0 Å². The first kappa shape index (κ1) is 25.2. The van der Waals surface area contributed by atoms with Crippen molar-refractivity contribution in [3.8, 4) is 0 Å². The van der Waals surface area contributed by atoms with Crippen LogP contribution in [0.15, 0.2) is 6.20 Å². The van der Waals surface area contributed by atoms with Crippen LogP contribution in [-0.4, -0.2) is 78.9 Å². The minimum atomic E-state index is 0.362. The minimum Gasteiger partial charge on any atom is -0.381 e. The highest BCUT2D eigenvalue weighted by Crippen LogP contribution is 2.36. The Kier molecular flexibility index (Phi) is 10.0. The lowest BCUT2D eigenvalue weighted by Gasteiger charge is -2.38. The van der Waals surface area contributed by atoms with Crippen LogP contribution in [0.5, 0.6) is 0 Å². The predicted octanol–water partition coefficient (Wildman–Crippen LogP) is 3.39. The quantitative estimate of drug-likeness (QED) is 0.544. The van der Waals surface area contributed by atoms with Gasteiger partial charge in [-0.15, -0.1) is 0 Å². The average molecular weight is 448 g/mol. The van der Waals surface area contributed by atoms with Crippen molar-refractivity contribution in [2.75, 3.05) is 46.9 Å². The number of nitrogens with one attached hydrogen (secondary N) is 2. The summed E-state index contributed by atoms with van der Waals surface area (Å²) in [5.41, 5.74) is 2.56. The largest absolute Gasteiger partial charge is 0.381 e. The average Bonchev–Trinajstić information content (AvgIpc) is 3.24. The maximum Gasteiger partial charge on any atom is 0.223 e. The molecule has 182 valence electrons. The first-order chi connectivity index (χ1) is 15.5. The van der Waals surface area contributed by atoms with Crippen molar-refractivity contribution in [1.82, 2.24) is 25.3 Å². The molecule has 1 aliphatic heterocycles. The molecule has 3 rings (SSSR count). The van der Waals surface area contributed by atoms with Crippen molar-refractivity contribution in [1.29, 1.82) is 0 Å². The molecule has 7 heteroatoms. The number of likely N-dealkylation sites (N-methyl/N-ethyl adjacent to an activating group) is 2. The molecule has 32 heavy (non-hydrogen) atoms. The SMILES string of the molecule is CNCCN(C)Cc1c[nH]nc1C1CCC(N(CC(C)C)C(=O)CC2CCOCC2)CC1. The van der Waals surface area contributed by atoms with E-state index in [-0.39, 0.29) is 0 Å². The molecule has 2 N–H and O–H groups in total. The lowest BCUT2D eigenvalue weighted by atomic mass is 9.82. The summed E-state index contributed by atoms with van der Waals surface area (Å²) in [5, 5.41) is 11.0. The summed E-state index contributed by atoms with van der Waals surface area (Å²) in [4.78, 5) is 17.8. The second-order valence-electron chi connectivity index (χ2n) is 10.3. The van der Waals surface area contributed by atoms with Crippen LogP contribution < -0.4 is 5.32 Å². The zero-order chi connectivity index (χ0) is 22.9. The Hall–Kier alpha value is -1.44. The highest BCUT2D eigenvalue weighted by molar-refractivity contribution is 5.76. The molecule has 1 saturated heterocycles. The molecule has 1 aromatic heterocycles. The number of ether oxygens (including phenoxy) is 1. The van der Waals surface area contributed by atoms with E-state index >= 15 is 0 Å². The van der Waals surface area contributed by atoms with Gasteiger partial charge in [-0.3, -0.25) is 9.89 Å². The Morgan fingerprint density at radius 3 is 2.59 bits per heavy atom. The zero-order valence-electron chi connectivity index (χ0n) is 20.7. The Morgan fingerprint density at radius 1 is 1.22 bits per heavy atom. The molecule has 1 aliphatic carbocycles. The van der Waals surface area contributed by atoms with Crippen LogP contribution in [0, 0.1) is 11.8 Å². The molecule has 0 radical (unpaired) electrons. The van der Waals surface area contributed by atoms with Gasteiger partial charge in [0.25, 0.3) is 0 Å². The van der Waals surface area contributed by atoms with Gasteiger partial charge in [0.15, 0.2) is 0 Å². The topological polar surface area (TPSA) is 73.5 Å². The number of hydrogen-bond acceptors (Lipinski definition) is 5. The number of nitrogens with zero attached hydrogens (tertiary/aromatic N) is 3. The van der Waals surface area contributed by atoms with Crippen LogP contribution >= 0.6 is 0 Å². The Morgan fingerprint density at radius 2 is 1.94 bits per heavy atom. The Bertz CT molecular complexity index is 678. The first-order valence-corrected chi connectivity index (χ1v) is 12.7. The molecule has 0 aromatic carbocycles. The molecule has 0 spiro atoms. The molecule has 0 unspecified atom stereocenters. The van der Waals surface area contributed by atoms with Crippen LogP contribution in [-0.2, 0) is 16.1 Å². The van der Waals surface area contributed by atoms with E-state index in [1.165, 1.54) is 11.3 Å². The molecule has 2 fully saturated rings. The number of aromatic amines is 1. The summed E-state index contributed by atoms with van der Waals surface area (Å²) >= 11 is 0. The maximum atomic E-state index is 13.3. The fourth-order valence-electron chi connectivity index (χ4n) is 5.30. The normalized spacial score (nSPS) is 22.6. The lowest BCUT2D eigenvalue weighted by molar-refractivity contribution is -0.136.